The van der Waals surface area contributed by atoms with Crippen molar-refractivity contribution in [3.05, 3.63) is 65.0 Å². The Bertz CT molecular complexity index is 869. The molecule has 4 heteroatoms. The highest BCUT2D eigenvalue weighted by atomic mass is 16.1. The number of nitrogens with zero attached hydrogens (tertiary/aromatic N) is 3. The number of aromatic nitrogens is 2. The molecular weight excluding hydrogens is 286 g/mol. The maximum absolute atomic E-state index is 13.0. The van der Waals surface area contributed by atoms with Crippen molar-refractivity contribution in [2.24, 2.45) is 0 Å². The van der Waals surface area contributed by atoms with Crippen LogP contribution in [-0.2, 0) is 6.54 Å². The third-order valence-corrected chi connectivity index (χ3v) is 4.22. The van der Waals surface area contributed by atoms with E-state index in [1.807, 2.05) is 68.7 Å². The molecule has 0 aliphatic rings. The molecule has 1 aromatic heterocycles. The van der Waals surface area contributed by atoms with Crippen molar-refractivity contribution in [3.63, 3.8) is 0 Å². The first kappa shape index (κ1) is 15.4. The van der Waals surface area contributed by atoms with E-state index in [2.05, 4.69) is 11.8 Å². The summed E-state index contributed by atoms with van der Waals surface area (Å²) in [6.45, 7) is 2.71. The summed E-state index contributed by atoms with van der Waals surface area (Å²) >= 11 is 0. The second-order valence-corrected chi connectivity index (χ2v) is 6.05. The molecule has 0 amide bonds. The van der Waals surface area contributed by atoms with E-state index in [4.69, 9.17) is 4.98 Å². The van der Waals surface area contributed by atoms with Gasteiger partial charge in [0.25, 0.3) is 5.56 Å². The molecule has 0 spiro atoms. The molecule has 0 aliphatic heterocycles. The number of likely N-dealkylation sites (N-methyl/N-ethyl adjacent to an activating group) is 1. The van der Waals surface area contributed by atoms with E-state index in [0.29, 0.717) is 11.9 Å². The van der Waals surface area contributed by atoms with Gasteiger partial charge < -0.3 is 4.90 Å². The van der Waals surface area contributed by atoms with Crippen LogP contribution in [0.25, 0.3) is 22.3 Å². The van der Waals surface area contributed by atoms with Crippen molar-refractivity contribution in [2.45, 2.75) is 19.5 Å². The van der Waals surface area contributed by atoms with Gasteiger partial charge in [-0.05, 0) is 33.2 Å². The van der Waals surface area contributed by atoms with E-state index in [-0.39, 0.29) is 11.6 Å². The summed E-state index contributed by atoms with van der Waals surface area (Å²) < 4.78 is 1.79. The van der Waals surface area contributed by atoms with Crippen molar-refractivity contribution >= 4 is 10.9 Å². The lowest BCUT2D eigenvalue weighted by molar-refractivity contribution is 0.282. The molecule has 2 aromatic carbocycles. The molecule has 23 heavy (non-hydrogen) atoms. The first-order valence-electron chi connectivity index (χ1n) is 7.79. The predicted molar refractivity (Wildman–Crippen MR) is 94.6 cm³/mol. The summed E-state index contributed by atoms with van der Waals surface area (Å²) in [5.74, 6) is 0.725. The van der Waals surface area contributed by atoms with Gasteiger partial charge >= 0.3 is 0 Å². The van der Waals surface area contributed by atoms with E-state index in [1.165, 1.54) is 0 Å². The Kier molecular flexibility index (Phi) is 4.26. The molecule has 3 rings (SSSR count). The van der Waals surface area contributed by atoms with E-state index in [0.717, 1.165) is 16.9 Å². The molecule has 3 aromatic rings. The van der Waals surface area contributed by atoms with Gasteiger partial charge in [0.05, 0.1) is 10.9 Å². The maximum Gasteiger partial charge on any atom is 0.261 e. The molecule has 1 atom stereocenters. The Hall–Kier alpha value is -2.46. The number of fused-ring (bicyclic) bond motifs is 1. The predicted octanol–water partition coefficient (Wildman–Crippen LogP) is 3.01. The zero-order chi connectivity index (χ0) is 16.4. The van der Waals surface area contributed by atoms with E-state index >= 15 is 0 Å². The molecule has 0 radical (unpaired) electrons. The van der Waals surface area contributed by atoms with Gasteiger partial charge in [0, 0.05) is 18.2 Å². The third-order valence-electron chi connectivity index (χ3n) is 4.22. The van der Waals surface area contributed by atoms with Crippen LogP contribution in [0, 0.1) is 0 Å². The minimum atomic E-state index is 0.0168. The normalized spacial score (nSPS) is 12.7. The van der Waals surface area contributed by atoms with Crippen LogP contribution in [0.5, 0.6) is 0 Å². The van der Waals surface area contributed by atoms with E-state index in [9.17, 15) is 4.79 Å². The smallest absolute Gasteiger partial charge is 0.261 e. The monoisotopic (exact) mass is 307 g/mol. The van der Waals surface area contributed by atoms with Gasteiger partial charge in [0.15, 0.2) is 0 Å². The van der Waals surface area contributed by atoms with Gasteiger partial charge in [-0.15, -0.1) is 0 Å². The summed E-state index contributed by atoms with van der Waals surface area (Å²) in [5, 5.41) is 0.665. The SMILES string of the molecule is CC(Cn1c(-c2ccccc2)nc2ccccc2c1=O)N(C)C. The molecule has 0 saturated carbocycles. The van der Waals surface area contributed by atoms with Crippen molar-refractivity contribution in [1.82, 2.24) is 14.5 Å². The standard InChI is InChI=1S/C19H21N3O/c1-14(21(2)3)13-22-18(15-9-5-4-6-10-15)20-17-12-8-7-11-16(17)19(22)23/h4-12,14H,13H2,1-3H3. The third kappa shape index (κ3) is 3.03. The van der Waals surface area contributed by atoms with Crippen molar-refractivity contribution in [1.29, 1.82) is 0 Å². The Morgan fingerprint density at radius 3 is 2.39 bits per heavy atom. The lowest BCUT2D eigenvalue weighted by atomic mass is 10.1. The molecule has 1 unspecified atom stereocenters. The Balaban J connectivity index is 2.25. The molecule has 0 saturated heterocycles. The van der Waals surface area contributed by atoms with Crippen LogP contribution in [0.15, 0.2) is 59.4 Å². The van der Waals surface area contributed by atoms with Crippen LogP contribution < -0.4 is 5.56 Å². The number of hydrogen-bond acceptors (Lipinski definition) is 3. The second-order valence-electron chi connectivity index (χ2n) is 6.05. The van der Waals surface area contributed by atoms with Crippen LogP contribution >= 0.6 is 0 Å². The van der Waals surface area contributed by atoms with Gasteiger partial charge in [-0.2, -0.15) is 0 Å². The van der Waals surface area contributed by atoms with Crippen LogP contribution in [0.1, 0.15) is 6.92 Å². The quantitative estimate of drug-likeness (QED) is 0.743. The Morgan fingerprint density at radius 1 is 1.04 bits per heavy atom. The number of benzene rings is 2. The van der Waals surface area contributed by atoms with Crippen LogP contribution in [0.3, 0.4) is 0 Å². The summed E-state index contributed by atoms with van der Waals surface area (Å²) in [6, 6.07) is 17.7. The van der Waals surface area contributed by atoms with Crippen LogP contribution in [0.4, 0.5) is 0 Å². The first-order chi connectivity index (χ1) is 11.1. The zero-order valence-corrected chi connectivity index (χ0v) is 13.7. The van der Waals surface area contributed by atoms with Crippen molar-refractivity contribution in [2.75, 3.05) is 14.1 Å². The molecule has 0 N–H and O–H groups in total. The van der Waals surface area contributed by atoms with Gasteiger partial charge in [-0.1, -0.05) is 42.5 Å². The number of hydrogen-bond donors (Lipinski definition) is 0. The molecular formula is C19H21N3O. The van der Waals surface area contributed by atoms with Gasteiger partial charge in [0.1, 0.15) is 5.82 Å². The lowest BCUT2D eigenvalue weighted by Crippen LogP contribution is -2.35. The maximum atomic E-state index is 13.0. The highest BCUT2D eigenvalue weighted by molar-refractivity contribution is 5.79. The molecule has 0 aliphatic carbocycles. The fourth-order valence-corrected chi connectivity index (χ4v) is 2.57. The summed E-state index contributed by atoms with van der Waals surface area (Å²) in [5.41, 5.74) is 1.72. The average molecular weight is 307 g/mol. The van der Waals surface area contributed by atoms with Crippen LogP contribution in [-0.4, -0.2) is 34.6 Å². The second kappa shape index (κ2) is 6.34. The summed E-state index contributed by atoms with van der Waals surface area (Å²) in [6.07, 6.45) is 0. The average Bonchev–Trinajstić information content (AvgIpc) is 2.57. The molecule has 0 bridgehead atoms. The topological polar surface area (TPSA) is 38.1 Å². The minimum Gasteiger partial charge on any atom is -0.305 e. The van der Waals surface area contributed by atoms with E-state index < -0.39 is 0 Å². The van der Waals surface area contributed by atoms with Gasteiger partial charge in [-0.25, -0.2) is 4.98 Å². The van der Waals surface area contributed by atoms with Crippen LogP contribution in [0.2, 0.25) is 0 Å². The first-order valence-corrected chi connectivity index (χ1v) is 7.79. The number of para-hydroxylation sites is 1. The zero-order valence-electron chi connectivity index (χ0n) is 13.7. The lowest BCUT2D eigenvalue weighted by Gasteiger charge is -2.22. The Labute approximate surface area is 136 Å². The molecule has 4 nitrogen and oxygen atoms in total. The molecule has 1 heterocycles. The summed E-state index contributed by atoms with van der Waals surface area (Å²) in [7, 11) is 4.04. The van der Waals surface area contributed by atoms with Crippen molar-refractivity contribution in [3.8, 4) is 11.4 Å². The van der Waals surface area contributed by atoms with E-state index in [1.54, 1.807) is 4.57 Å². The minimum absolute atomic E-state index is 0.0168. The van der Waals surface area contributed by atoms with Gasteiger partial charge in [-0.3, -0.25) is 9.36 Å². The Morgan fingerprint density at radius 2 is 1.70 bits per heavy atom. The fraction of sp³-hybridized carbons (Fsp3) is 0.263. The molecule has 0 fully saturated rings. The largest absolute Gasteiger partial charge is 0.305 e. The van der Waals surface area contributed by atoms with Gasteiger partial charge in [0.2, 0.25) is 0 Å². The highest BCUT2D eigenvalue weighted by Crippen LogP contribution is 2.19. The highest BCUT2D eigenvalue weighted by Gasteiger charge is 2.15. The fourth-order valence-electron chi connectivity index (χ4n) is 2.57. The van der Waals surface area contributed by atoms with Crippen molar-refractivity contribution < 1.29 is 0 Å². The number of rotatable bonds is 4. The summed E-state index contributed by atoms with van der Waals surface area (Å²) in [4.78, 5) is 19.9. The molecule has 118 valence electrons.